The molecule has 0 aromatic heterocycles. The number of aryl methyl sites for hydroxylation is 1. The first-order valence-electron chi connectivity index (χ1n) is 12.0. The molecule has 0 radical (unpaired) electrons. The third kappa shape index (κ3) is 5.19. The van der Waals surface area contributed by atoms with Crippen molar-refractivity contribution in [2.45, 2.75) is 18.9 Å². The molecule has 3 nitrogen and oxygen atoms in total. The van der Waals surface area contributed by atoms with Crippen LogP contribution in [0.2, 0.25) is 0 Å². The first kappa shape index (κ1) is 27.8. The molecule has 38 heavy (non-hydrogen) atoms. The Kier molecular flexibility index (Phi) is 7.93. The molecule has 4 rings (SSSR count). The van der Waals surface area contributed by atoms with Crippen LogP contribution in [0.1, 0.15) is 11.1 Å². The molecule has 0 unspecified atom stereocenters. The maximum atomic E-state index is 14.0. The van der Waals surface area contributed by atoms with Gasteiger partial charge in [0.05, 0.1) is 0 Å². The molecule has 0 atom stereocenters. The van der Waals surface area contributed by atoms with Crippen molar-refractivity contribution in [3.05, 3.63) is 139 Å². The molecular formula is C30H28F3O3PS. The molecular weight excluding hydrogens is 528 g/mol. The summed E-state index contributed by atoms with van der Waals surface area (Å²) in [5, 5.41) is 1.14. The zero-order valence-corrected chi connectivity index (χ0v) is 22.5. The normalized spacial score (nSPS) is 13.7. The fraction of sp³-hybridized carbons (Fsp3) is 0.133. The van der Waals surface area contributed by atoms with E-state index in [1.54, 1.807) is 97.1 Å². The van der Waals surface area contributed by atoms with Crippen LogP contribution >= 0.6 is 6.83 Å². The molecule has 0 spiro atoms. The van der Waals surface area contributed by atoms with Crippen molar-refractivity contribution in [2.24, 2.45) is 0 Å². The molecule has 0 N–H and O–H groups in total. The summed E-state index contributed by atoms with van der Waals surface area (Å²) in [5.74, 6) is 0. The Balaban J connectivity index is 2.03. The quantitative estimate of drug-likeness (QED) is 0.136. The molecule has 4 aromatic carbocycles. The second-order valence-electron chi connectivity index (χ2n) is 9.04. The van der Waals surface area contributed by atoms with E-state index in [9.17, 15) is 21.6 Å². The van der Waals surface area contributed by atoms with Crippen LogP contribution in [-0.2, 0) is 20.5 Å². The van der Waals surface area contributed by atoms with Crippen molar-refractivity contribution in [3.8, 4) is 0 Å². The topological polar surface area (TPSA) is 43.4 Å². The van der Waals surface area contributed by atoms with Crippen molar-refractivity contribution in [2.75, 3.05) is 6.16 Å². The first-order chi connectivity index (χ1) is 18.1. The summed E-state index contributed by atoms with van der Waals surface area (Å²) >= 11 is 0. The van der Waals surface area contributed by atoms with Crippen LogP contribution in [0.3, 0.4) is 0 Å². The summed E-state index contributed by atoms with van der Waals surface area (Å²) in [5.41, 5.74) is -3.47. The third-order valence-electron chi connectivity index (χ3n) is 6.55. The standard InChI is InChI=1S/C30H28F3O3PS/c1-25-20-22-26(23-21-25)13-11-12-24-37(27-14-5-2-6-15-27,28-16-7-3-8-17-28,29-18-9-4-10-19-29)36-38(34,35)30(31,32)33/h2-12,14-23H,13,24H2,1H3/b12-11+. The second-order valence-corrected chi connectivity index (χ2v) is 15.3. The Morgan fingerprint density at radius 1 is 0.684 bits per heavy atom. The van der Waals surface area contributed by atoms with E-state index in [1.807, 2.05) is 37.3 Å². The summed E-state index contributed by atoms with van der Waals surface area (Å²) in [6.45, 7) is -2.80. The van der Waals surface area contributed by atoms with E-state index in [0.717, 1.165) is 11.1 Å². The minimum atomic E-state index is -6.03. The fourth-order valence-corrected chi connectivity index (χ4v) is 12.5. The van der Waals surface area contributed by atoms with Crippen LogP contribution in [0.4, 0.5) is 13.2 Å². The van der Waals surface area contributed by atoms with Gasteiger partial charge in [0.15, 0.2) is 0 Å². The molecule has 0 saturated carbocycles. The van der Waals surface area contributed by atoms with Crippen LogP contribution in [0.25, 0.3) is 0 Å². The van der Waals surface area contributed by atoms with Gasteiger partial charge in [0.25, 0.3) is 0 Å². The second kappa shape index (κ2) is 10.9. The van der Waals surface area contributed by atoms with Crippen molar-refractivity contribution in [1.29, 1.82) is 0 Å². The molecule has 0 amide bonds. The van der Waals surface area contributed by atoms with Crippen molar-refractivity contribution >= 4 is 32.9 Å². The molecule has 0 aliphatic rings. The van der Waals surface area contributed by atoms with Gasteiger partial charge in [0.2, 0.25) is 0 Å². The monoisotopic (exact) mass is 556 g/mol. The van der Waals surface area contributed by atoms with Gasteiger partial charge in [-0.15, -0.1) is 0 Å². The Morgan fingerprint density at radius 3 is 1.50 bits per heavy atom. The predicted molar refractivity (Wildman–Crippen MR) is 150 cm³/mol. The Morgan fingerprint density at radius 2 is 1.11 bits per heavy atom. The van der Waals surface area contributed by atoms with Gasteiger partial charge >= 0.3 is 222 Å². The van der Waals surface area contributed by atoms with Crippen LogP contribution in [0.15, 0.2) is 127 Å². The van der Waals surface area contributed by atoms with Gasteiger partial charge in [-0.2, -0.15) is 0 Å². The van der Waals surface area contributed by atoms with E-state index >= 15 is 0 Å². The van der Waals surface area contributed by atoms with E-state index in [-0.39, 0.29) is 6.16 Å². The Hall–Kier alpha value is -3.25. The zero-order valence-electron chi connectivity index (χ0n) is 20.8. The number of halogens is 3. The number of benzene rings is 4. The zero-order chi connectivity index (χ0) is 27.3. The molecule has 0 heterocycles. The molecule has 8 heteroatoms. The third-order valence-corrected chi connectivity index (χ3v) is 14.3. The van der Waals surface area contributed by atoms with Crippen molar-refractivity contribution in [1.82, 2.24) is 0 Å². The van der Waals surface area contributed by atoms with Crippen LogP contribution in [0.5, 0.6) is 0 Å². The molecule has 0 saturated heterocycles. The molecule has 0 bridgehead atoms. The summed E-state index contributed by atoms with van der Waals surface area (Å²) in [6.07, 6.45) is 4.03. The van der Waals surface area contributed by atoms with Crippen molar-refractivity contribution < 1.29 is 25.6 Å². The molecule has 4 aromatic rings. The summed E-state index contributed by atoms with van der Waals surface area (Å²) < 4.78 is 73.7. The number of hydrogen-bond donors (Lipinski definition) is 0. The molecule has 0 fully saturated rings. The SMILES string of the molecule is Cc1ccc(C/C=C/CP(OS(=O)(=O)C(F)(F)F)(c2ccccc2)(c2ccccc2)c2ccccc2)cc1. The van der Waals surface area contributed by atoms with Gasteiger partial charge in [-0.3, -0.25) is 0 Å². The number of rotatable bonds is 9. The van der Waals surface area contributed by atoms with E-state index in [4.69, 9.17) is 3.97 Å². The average molecular weight is 557 g/mol. The van der Waals surface area contributed by atoms with E-state index in [2.05, 4.69) is 0 Å². The Labute approximate surface area is 221 Å². The van der Waals surface area contributed by atoms with Crippen LogP contribution in [0, 0.1) is 6.92 Å². The van der Waals surface area contributed by atoms with Gasteiger partial charge < -0.3 is 0 Å². The van der Waals surface area contributed by atoms with E-state index in [1.165, 1.54) is 0 Å². The van der Waals surface area contributed by atoms with Crippen LogP contribution < -0.4 is 15.9 Å². The fourth-order valence-electron chi connectivity index (χ4n) is 4.63. The molecule has 0 aliphatic heterocycles. The van der Waals surface area contributed by atoms with Crippen molar-refractivity contribution in [3.63, 3.8) is 0 Å². The number of allylic oxidation sites excluding steroid dienone is 2. The Bertz CT molecular complexity index is 1390. The van der Waals surface area contributed by atoms with Gasteiger partial charge in [-0.05, 0) is 0 Å². The number of hydrogen-bond acceptors (Lipinski definition) is 3. The average Bonchev–Trinajstić information content (AvgIpc) is 2.92. The molecule has 198 valence electrons. The minimum absolute atomic E-state index is 0.0924. The van der Waals surface area contributed by atoms with Gasteiger partial charge in [0.1, 0.15) is 0 Å². The van der Waals surface area contributed by atoms with Crippen LogP contribution in [-0.4, -0.2) is 20.1 Å². The van der Waals surface area contributed by atoms with Gasteiger partial charge in [0, 0.05) is 0 Å². The number of alkyl halides is 3. The van der Waals surface area contributed by atoms with Gasteiger partial charge in [-0.25, -0.2) is 0 Å². The summed E-state index contributed by atoms with van der Waals surface area (Å²) in [4.78, 5) is 0. The summed E-state index contributed by atoms with van der Waals surface area (Å²) in [7, 11) is -6.03. The van der Waals surface area contributed by atoms with E-state index < -0.39 is 22.5 Å². The maximum absolute atomic E-state index is 14.0. The summed E-state index contributed by atoms with van der Waals surface area (Å²) in [6, 6.07) is 33.1. The predicted octanol–water partition coefficient (Wildman–Crippen LogP) is 6.40. The molecule has 0 aliphatic carbocycles. The first-order valence-corrected chi connectivity index (χ1v) is 15.7. The van der Waals surface area contributed by atoms with Gasteiger partial charge in [-0.1, -0.05) is 0 Å². The van der Waals surface area contributed by atoms with E-state index in [0.29, 0.717) is 22.3 Å².